The van der Waals surface area contributed by atoms with Crippen molar-refractivity contribution in [2.45, 2.75) is 39.2 Å². The highest BCUT2D eigenvalue weighted by molar-refractivity contribution is 5.26. The van der Waals surface area contributed by atoms with Gasteiger partial charge in [0, 0.05) is 6.04 Å². The maximum atomic E-state index is 3.58. The lowest BCUT2D eigenvalue weighted by Gasteiger charge is -2.21. The molecule has 0 heterocycles. The van der Waals surface area contributed by atoms with Crippen LogP contribution in [-0.2, 0) is 0 Å². The second-order valence-corrected chi connectivity index (χ2v) is 5.52. The summed E-state index contributed by atoms with van der Waals surface area (Å²) in [5, 5.41) is 3.58. The fraction of sp³-hybridized carbons (Fsp3) is 0.625. The van der Waals surface area contributed by atoms with Crippen LogP contribution in [0.1, 0.15) is 50.3 Å². The van der Waals surface area contributed by atoms with Crippen molar-refractivity contribution >= 4 is 0 Å². The monoisotopic (exact) mass is 248 g/mol. The van der Waals surface area contributed by atoms with E-state index in [0.29, 0.717) is 12.0 Å². The summed E-state index contributed by atoms with van der Waals surface area (Å²) in [7, 11) is 4.26. The topological polar surface area (TPSA) is 15.3 Å². The van der Waals surface area contributed by atoms with E-state index in [1.54, 1.807) is 0 Å². The first-order valence-electron chi connectivity index (χ1n) is 7.02. The molecule has 1 N–H and O–H groups in total. The first kappa shape index (κ1) is 15.2. The number of hydrogen-bond donors (Lipinski definition) is 1. The van der Waals surface area contributed by atoms with E-state index in [1.807, 2.05) is 0 Å². The van der Waals surface area contributed by atoms with Gasteiger partial charge >= 0.3 is 0 Å². The Morgan fingerprint density at radius 2 is 1.61 bits per heavy atom. The highest BCUT2D eigenvalue weighted by atomic mass is 15.1. The van der Waals surface area contributed by atoms with Crippen molar-refractivity contribution in [3.8, 4) is 0 Å². The molecule has 1 unspecified atom stereocenters. The smallest absolute Gasteiger partial charge is 0.0332 e. The van der Waals surface area contributed by atoms with Gasteiger partial charge in [-0.05, 0) is 50.7 Å². The van der Waals surface area contributed by atoms with E-state index in [9.17, 15) is 0 Å². The summed E-state index contributed by atoms with van der Waals surface area (Å²) >= 11 is 0. The van der Waals surface area contributed by atoms with Gasteiger partial charge in [-0.15, -0.1) is 0 Å². The fourth-order valence-electron chi connectivity index (χ4n) is 2.13. The van der Waals surface area contributed by atoms with E-state index in [4.69, 9.17) is 0 Å². The number of nitrogens with zero attached hydrogens (tertiary/aromatic N) is 1. The molecule has 102 valence electrons. The van der Waals surface area contributed by atoms with E-state index in [-0.39, 0.29) is 0 Å². The molecule has 0 saturated heterocycles. The third-order valence-electron chi connectivity index (χ3n) is 3.32. The second-order valence-electron chi connectivity index (χ2n) is 5.52. The summed E-state index contributed by atoms with van der Waals surface area (Å²) in [5.74, 6) is 0.610. The zero-order valence-corrected chi connectivity index (χ0v) is 12.5. The van der Waals surface area contributed by atoms with Crippen molar-refractivity contribution in [3.05, 3.63) is 35.4 Å². The molecular weight excluding hydrogens is 220 g/mol. The normalized spacial score (nSPS) is 13.3. The third kappa shape index (κ3) is 4.79. The molecule has 2 heteroatoms. The average molecular weight is 248 g/mol. The van der Waals surface area contributed by atoms with Gasteiger partial charge in [0.15, 0.2) is 0 Å². The van der Waals surface area contributed by atoms with Gasteiger partial charge in [0.1, 0.15) is 0 Å². The van der Waals surface area contributed by atoms with Crippen molar-refractivity contribution in [2.75, 3.05) is 27.2 Å². The summed E-state index contributed by atoms with van der Waals surface area (Å²) in [5.41, 5.74) is 2.82. The van der Waals surface area contributed by atoms with Gasteiger partial charge in [-0.25, -0.2) is 0 Å². The molecule has 0 aliphatic carbocycles. The summed E-state index contributed by atoms with van der Waals surface area (Å²) < 4.78 is 0. The molecule has 0 fully saturated rings. The number of benzene rings is 1. The predicted molar refractivity (Wildman–Crippen MR) is 80.1 cm³/mol. The summed E-state index contributed by atoms with van der Waals surface area (Å²) in [6.07, 6.45) is 1.15. The van der Waals surface area contributed by atoms with E-state index < -0.39 is 0 Å². The molecule has 0 saturated carbocycles. The van der Waals surface area contributed by atoms with Crippen molar-refractivity contribution < 1.29 is 0 Å². The van der Waals surface area contributed by atoms with Gasteiger partial charge in [-0.2, -0.15) is 0 Å². The fourth-order valence-corrected chi connectivity index (χ4v) is 2.13. The van der Waals surface area contributed by atoms with Gasteiger partial charge in [-0.1, -0.05) is 45.0 Å². The number of nitrogens with one attached hydrogen (secondary N) is 1. The van der Waals surface area contributed by atoms with Crippen LogP contribution in [0.25, 0.3) is 0 Å². The summed E-state index contributed by atoms with van der Waals surface area (Å²) in [4.78, 5) is 2.24. The standard InChI is InChI=1S/C16H28N2/c1-6-17-16(11-12-18(4)5)15-9-7-14(8-10-15)13(2)3/h7-10,13,16-17H,6,11-12H2,1-5H3. The average Bonchev–Trinajstić information content (AvgIpc) is 2.34. The van der Waals surface area contributed by atoms with Crippen molar-refractivity contribution in [1.29, 1.82) is 0 Å². The molecule has 0 aliphatic rings. The minimum atomic E-state index is 0.471. The van der Waals surface area contributed by atoms with Crippen LogP contribution in [0.3, 0.4) is 0 Å². The van der Waals surface area contributed by atoms with E-state index in [0.717, 1.165) is 19.5 Å². The van der Waals surface area contributed by atoms with Crippen LogP contribution < -0.4 is 5.32 Å². The van der Waals surface area contributed by atoms with Gasteiger partial charge in [0.2, 0.25) is 0 Å². The molecule has 0 radical (unpaired) electrons. The van der Waals surface area contributed by atoms with Gasteiger partial charge in [0.05, 0.1) is 0 Å². The Morgan fingerprint density at radius 1 is 1.06 bits per heavy atom. The quantitative estimate of drug-likeness (QED) is 0.795. The molecule has 18 heavy (non-hydrogen) atoms. The lowest BCUT2D eigenvalue weighted by atomic mass is 9.97. The van der Waals surface area contributed by atoms with Crippen LogP contribution >= 0.6 is 0 Å². The molecule has 1 atom stereocenters. The third-order valence-corrected chi connectivity index (χ3v) is 3.32. The molecule has 0 bridgehead atoms. The molecule has 2 nitrogen and oxygen atoms in total. The first-order valence-corrected chi connectivity index (χ1v) is 7.02. The Hall–Kier alpha value is -0.860. The van der Waals surface area contributed by atoms with Gasteiger partial charge in [0.25, 0.3) is 0 Å². The van der Waals surface area contributed by atoms with E-state index in [1.165, 1.54) is 11.1 Å². The van der Waals surface area contributed by atoms with Crippen LogP contribution in [0.4, 0.5) is 0 Å². The molecule has 0 spiro atoms. The largest absolute Gasteiger partial charge is 0.310 e. The van der Waals surface area contributed by atoms with Crippen LogP contribution in [0.5, 0.6) is 0 Å². The second kappa shape index (κ2) is 7.55. The first-order chi connectivity index (χ1) is 8.54. The maximum absolute atomic E-state index is 3.58. The maximum Gasteiger partial charge on any atom is 0.0332 e. The Kier molecular flexibility index (Phi) is 6.37. The minimum Gasteiger partial charge on any atom is -0.310 e. The lowest BCUT2D eigenvalue weighted by Crippen LogP contribution is -2.25. The molecule has 0 aliphatic heterocycles. The summed E-state index contributed by atoms with van der Waals surface area (Å²) in [6.45, 7) is 8.78. The predicted octanol–water partition coefficient (Wildman–Crippen LogP) is 3.41. The summed E-state index contributed by atoms with van der Waals surface area (Å²) in [6, 6.07) is 9.55. The Balaban J connectivity index is 2.72. The van der Waals surface area contributed by atoms with Crippen LogP contribution in [0.15, 0.2) is 24.3 Å². The van der Waals surface area contributed by atoms with Crippen LogP contribution in [-0.4, -0.2) is 32.1 Å². The van der Waals surface area contributed by atoms with Crippen molar-refractivity contribution in [3.63, 3.8) is 0 Å². The van der Waals surface area contributed by atoms with Gasteiger partial charge < -0.3 is 10.2 Å². The van der Waals surface area contributed by atoms with Crippen LogP contribution in [0.2, 0.25) is 0 Å². The zero-order chi connectivity index (χ0) is 13.5. The minimum absolute atomic E-state index is 0.471. The van der Waals surface area contributed by atoms with Crippen molar-refractivity contribution in [1.82, 2.24) is 10.2 Å². The Morgan fingerprint density at radius 3 is 2.06 bits per heavy atom. The Bertz CT molecular complexity index is 327. The number of hydrogen-bond acceptors (Lipinski definition) is 2. The molecular formula is C16H28N2. The van der Waals surface area contributed by atoms with E-state index >= 15 is 0 Å². The SMILES string of the molecule is CCNC(CCN(C)C)c1ccc(C(C)C)cc1. The Labute approximate surface area is 112 Å². The molecule has 1 aromatic carbocycles. The van der Waals surface area contributed by atoms with E-state index in [2.05, 4.69) is 69.3 Å². The molecule has 1 aromatic rings. The lowest BCUT2D eigenvalue weighted by molar-refractivity contribution is 0.363. The van der Waals surface area contributed by atoms with Crippen LogP contribution in [0, 0.1) is 0 Å². The number of rotatable bonds is 7. The van der Waals surface area contributed by atoms with Crippen molar-refractivity contribution in [2.24, 2.45) is 0 Å². The highest BCUT2D eigenvalue weighted by Gasteiger charge is 2.10. The molecule has 0 aromatic heterocycles. The zero-order valence-electron chi connectivity index (χ0n) is 12.5. The highest BCUT2D eigenvalue weighted by Crippen LogP contribution is 2.20. The molecule has 1 rings (SSSR count). The van der Waals surface area contributed by atoms with Gasteiger partial charge in [-0.3, -0.25) is 0 Å². The molecule has 0 amide bonds.